The van der Waals surface area contributed by atoms with E-state index in [1.807, 2.05) is 6.92 Å². The summed E-state index contributed by atoms with van der Waals surface area (Å²) in [7, 11) is -2.98. The quantitative estimate of drug-likeness (QED) is 0.646. The van der Waals surface area contributed by atoms with Gasteiger partial charge in [0.05, 0.1) is 24.2 Å². The van der Waals surface area contributed by atoms with E-state index in [0.29, 0.717) is 19.3 Å². The van der Waals surface area contributed by atoms with E-state index in [1.165, 1.54) is 4.90 Å². The van der Waals surface area contributed by atoms with Crippen LogP contribution >= 0.6 is 0 Å². The minimum Gasteiger partial charge on any atom is -0.394 e. The van der Waals surface area contributed by atoms with Crippen molar-refractivity contribution in [2.24, 2.45) is 0 Å². The number of aliphatic hydroxyl groups excluding tert-OH is 1. The number of amides is 1. The van der Waals surface area contributed by atoms with Crippen molar-refractivity contribution in [1.82, 2.24) is 4.90 Å². The zero-order chi connectivity index (χ0) is 11.5. The maximum atomic E-state index is 11.3. The average Bonchev–Trinajstić information content (AvgIpc) is 2.54. The molecule has 0 aromatic rings. The van der Waals surface area contributed by atoms with Gasteiger partial charge in [0.1, 0.15) is 0 Å². The number of hydrogen-bond donors (Lipinski definition) is 1. The number of sulfone groups is 1. The number of rotatable bonds is 5. The number of aliphatic hydroxyl groups is 1. The van der Waals surface area contributed by atoms with Crippen molar-refractivity contribution in [1.29, 1.82) is 0 Å². The summed E-state index contributed by atoms with van der Waals surface area (Å²) >= 11 is 0. The van der Waals surface area contributed by atoms with Crippen LogP contribution in [0.1, 0.15) is 19.8 Å². The van der Waals surface area contributed by atoms with E-state index < -0.39 is 9.84 Å². The zero-order valence-electron chi connectivity index (χ0n) is 8.80. The molecule has 1 aliphatic heterocycles. The predicted octanol–water partition coefficient (Wildman–Crippen LogP) is -0.597. The van der Waals surface area contributed by atoms with Gasteiger partial charge in [-0.15, -0.1) is 0 Å². The van der Waals surface area contributed by atoms with Crippen molar-refractivity contribution in [3.05, 3.63) is 0 Å². The van der Waals surface area contributed by atoms with Gasteiger partial charge in [-0.1, -0.05) is 6.92 Å². The molecule has 1 fully saturated rings. The molecule has 0 aromatic heterocycles. The Morgan fingerprint density at radius 2 is 2.27 bits per heavy atom. The van der Waals surface area contributed by atoms with Crippen LogP contribution in [0.2, 0.25) is 0 Å². The number of hydrogen-bond acceptors (Lipinski definition) is 4. The maximum absolute atomic E-state index is 11.3. The minimum absolute atomic E-state index is 0.0300. The summed E-state index contributed by atoms with van der Waals surface area (Å²) in [6, 6.07) is -0.523. The van der Waals surface area contributed by atoms with E-state index in [1.54, 1.807) is 0 Å². The summed E-state index contributed by atoms with van der Waals surface area (Å²) < 4.78 is 22.5. The van der Waals surface area contributed by atoms with E-state index in [0.717, 1.165) is 0 Å². The minimum atomic E-state index is -2.98. The van der Waals surface area contributed by atoms with Gasteiger partial charge in [-0.25, -0.2) is 8.42 Å². The Kier molecular flexibility index (Phi) is 4.10. The van der Waals surface area contributed by atoms with Crippen molar-refractivity contribution in [3.63, 3.8) is 0 Å². The molecule has 1 heterocycles. The van der Waals surface area contributed by atoms with Crippen molar-refractivity contribution < 1.29 is 18.3 Å². The van der Waals surface area contributed by atoms with Gasteiger partial charge in [0.2, 0.25) is 6.41 Å². The molecular formula is C9H17NO4S. The van der Waals surface area contributed by atoms with Gasteiger partial charge in [-0.05, 0) is 12.8 Å². The van der Waals surface area contributed by atoms with Gasteiger partial charge in [-0.2, -0.15) is 0 Å². The Bertz CT molecular complexity index is 310. The van der Waals surface area contributed by atoms with Crippen molar-refractivity contribution in [2.45, 2.75) is 31.8 Å². The molecule has 2 atom stereocenters. The molecule has 88 valence electrons. The van der Waals surface area contributed by atoms with Crippen LogP contribution in [0.5, 0.6) is 0 Å². The molecule has 6 heteroatoms. The third-order valence-electron chi connectivity index (χ3n) is 2.86. The maximum Gasteiger partial charge on any atom is 0.210 e. The van der Waals surface area contributed by atoms with Crippen LogP contribution in [0.25, 0.3) is 0 Å². The topological polar surface area (TPSA) is 74.7 Å². The average molecular weight is 235 g/mol. The third-order valence-corrected chi connectivity index (χ3v) is 4.61. The molecule has 0 bridgehead atoms. The molecular weight excluding hydrogens is 218 g/mol. The van der Waals surface area contributed by atoms with Crippen molar-refractivity contribution in [2.75, 3.05) is 18.1 Å². The molecule has 0 spiro atoms. The fraction of sp³-hybridized carbons (Fsp3) is 0.889. The van der Waals surface area contributed by atoms with Crippen molar-refractivity contribution >= 4 is 16.2 Å². The second-order valence-corrected chi connectivity index (χ2v) is 6.08. The SMILES string of the molecule is CC[C@@H](CO)N(C=O)[C@@H]1CCS(=O)(=O)C1. The van der Waals surface area contributed by atoms with Crippen LogP contribution in [0, 0.1) is 0 Å². The van der Waals surface area contributed by atoms with Crippen LogP contribution in [0.3, 0.4) is 0 Å². The number of nitrogens with zero attached hydrogens (tertiary/aromatic N) is 1. The van der Waals surface area contributed by atoms with E-state index in [-0.39, 0.29) is 30.2 Å². The first-order valence-corrected chi connectivity index (χ1v) is 6.90. The van der Waals surface area contributed by atoms with Crippen LogP contribution in [-0.4, -0.2) is 55.0 Å². The van der Waals surface area contributed by atoms with Gasteiger partial charge in [0.15, 0.2) is 9.84 Å². The summed E-state index contributed by atoms with van der Waals surface area (Å²) in [5, 5.41) is 9.07. The lowest BCUT2D eigenvalue weighted by atomic mass is 10.1. The van der Waals surface area contributed by atoms with Gasteiger partial charge in [0, 0.05) is 6.04 Å². The molecule has 1 rings (SSSR count). The Morgan fingerprint density at radius 3 is 2.60 bits per heavy atom. The summed E-state index contributed by atoms with van der Waals surface area (Å²) in [5.74, 6) is 0.173. The predicted molar refractivity (Wildman–Crippen MR) is 56.1 cm³/mol. The normalized spacial score (nSPS) is 26.1. The second-order valence-electron chi connectivity index (χ2n) is 3.85. The van der Waals surface area contributed by atoms with Gasteiger partial charge >= 0.3 is 0 Å². The first-order chi connectivity index (χ1) is 7.04. The van der Waals surface area contributed by atoms with E-state index in [2.05, 4.69) is 0 Å². The first-order valence-electron chi connectivity index (χ1n) is 5.08. The fourth-order valence-electron chi connectivity index (χ4n) is 1.91. The highest BCUT2D eigenvalue weighted by Crippen LogP contribution is 2.19. The smallest absolute Gasteiger partial charge is 0.210 e. The Labute approximate surface area is 90.0 Å². The summed E-state index contributed by atoms with van der Waals surface area (Å²) in [6.07, 6.45) is 1.76. The fourth-order valence-corrected chi connectivity index (χ4v) is 3.64. The van der Waals surface area contributed by atoms with Gasteiger partial charge in [0.25, 0.3) is 0 Å². The molecule has 0 aromatic carbocycles. The molecule has 1 saturated heterocycles. The summed E-state index contributed by atoms with van der Waals surface area (Å²) in [4.78, 5) is 12.3. The zero-order valence-corrected chi connectivity index (χ0v) is 9.61. The third kappa shape index (κ3) is 2.92. The van der Waals surface area contributed by atoms with Crippen LogP contribution in [0.15, 0.2) is 0 Å². The van der Waals surface area contributed by atoms with Gasteiger partial charge in [-0.3, -0.25) is 4.79 Å². The molecule has 1 N–H and O–H groups in total. The molecule has 0 unspecified atom stereocenters. The molecule has 15 heavy (non-hydrogen) atoms. The van der Waals surface area contributed by atoms with E-state index >= 15 is 0 Å². The second kappa shape index (κ2) is 4.94. The van der Waals surface area contributed by atoms with E-state index in [9.17, 15) is 13.2 Å². The molecule has 0 saturated carbocycles. The van der Waals surface area contributed by atoms with Crippen molar-refractivity contribution in [3.8, 4) is 0 Å². The lowest BCUT2D eigenvalue weighted by molar-refractivity contribution is -0.123. The largest absolute Gasteiger partial charge is 0.394 e. The van der Waals surface area contributed by atoms with Crippen LogP contribution < -0.4 is 0 Å². The molecule has 0 aliphatic carbocycles. The Balaban J connectivity index is 2.72. The lowest BCUT2D eigenvalue weighted by Crippen LogP contribution is -2.44. The monoisotopic (exact) mass is 235 g/mol. The summed E-state index contributed by atoms with van der Waals surface area (Å²) in [6.45, 7) is 1.74. The highest BCUT2D eigenvalue weighted by atomic mass is 32.2. The Hall–Kier alpha value is -0.620. The van der Waals surface area contributed by atoms with Crippen LogP contribution in [-0.2, 0) is 14.6 Å². The highest BCUT2D eigenvalue weighted by molar-refractivity contribution is 7.91. The van der Waals surface area contributed by atoms with E-state index in [4.69, 9.17) is 5.11 Å². The number of carbonyl (C=O) groups is 1. The highest BCUT2D eigenvalue weighted by Gasteiger charge is 2.34. The standard InChI is InChI=1S/C9H17NO4S/c1-2-8(5-11)10(7-12)9-3-4-15(13,14)6-9/h7-9,11H,2-6H2,1H3/t8-,9+/m0/s1. The first kappa shape index (κ1) is 12.4. The summed E-state index contributed by atoms with van der Waals surface area (Å²) in [5.41, 5.74) is 0. The molecule has 0 radical (unpaired) electrons. The number of carbonyl (C=O) groups excluding carboxylic acids is 1. The molecule has 1 amide bonds. The Morgan fingerprint density at radius 1 is 1.60 bits per heavy atom. The van der Waals surface area contributed by atoms with Crippen LogP contribution in [0.4, 0.5) is 0 Å². The van der Waals surface area contributed by atoms with Gasteiger partial charge < -0.3 is 10.0 Å². The lowest BCUT2D eigenvalue weighted by Gasteiger charge is -2.30. The molecule has 1 aliphatic rings. The molecule has 5 nitrogen and oxygen atoms in total.